The van der Waals surface area contributed by atoms with Gasteiger partial charge in [0.1, 0.15) is 5.75 Å². The normalized spacial score (nSPS) is 13.1. The monoisotopic (exact) mass is 149 g/mol. The van der Waals surface area contributed by atoms with Crippen LogP contribution in [0.3, 0.4) is 0 Å². The van der Waals surface area contributed by atoms with Crippen LogP contribution in [0.2, 0.25) is 0 Å². The summed E-state index contributed by atoms with van der Waals surface area (Å²) in [6.45, 7) is 0. The third-order valence-electron chi connectivity index (χ3n) is 1.53. The molecule has 0 aliphatic carbocycles. The van der Waals surface area contributed by atoms with Crippen LogP contribution in [0.4, 0.5) is 0 Å². The van der Waals surface area contributed by atoms with Crippen LogP contribution in [-0.2, 0) is 0 Å². The molecule has 0 atom stereocenters. The number of aromatic hydroxyl groups is 1. The minimum Gasteiger partial charge on any atom is -0.507 e. The third-order valence-corrected chi connectivity index (χ3v) is 1.53. The van der Waals surface area contributed by atoms with Gasteiger partial charge in [-0.15, -0.1) is 0 Å². The van der Waals surface area contributed by atoms with Gasteiger partial charge >= 0.3 is 0 Å². The number of benzene rings is 1. The SMILES string of the molecule is Oc1cccc2c1C=CNO2. The molecule has 2 rings (SSSR count). The van der Waals surface area contributed by atoms with Gasteiger partial charge in [-0.25, -0.2) is 5.48 Å². The van der Waals surface area contributed by atoms with Crippen molar-refractivity contribution in [1.29, 1.82) is 0 Å². The Bertz CT molecular complexity index is 307. The van der Waals surface area contributed by atoms with Crippen LogP contribution in [0.1, 0.15) is 5.56 Å². The Kier molecular flexibility index (Phi) is 1.22. The molecule has 0 aromatic heterocycles. The van der Waals surface area contributed by atoms with Crippen LogP contribution in [0.15, 0.2) is 24.4 Å². The van der Waals surface area contributed by atoms with Crippen molar-refractivity contribution in [3.05, 3.63) is 30.0 Å². The zero-order chi connectivity index (χ0) is 7.68. The molecule has 1 aliphatic heterocycles. The van der Waals surface area contributed by atoms with Gasteiger partial charge in [0.25, 0.3) is 0 Å². The summed E-state index contributed by atoms with van der Waals surface area (Å²) in [4.78, 5) is 5.01. The lowest BCUT2D eigenvalue weighted by Gasteiger charge is -2.12. The molecule has 3 nitrogen and oxygen atoms in total. The van der Waals surface area contributed by atoms with Crippen LogP contribution < -0.4 is 10.3 Å². The summed E-state index contributed by atoms with van der Waals surface area (Å²) in [5, 5.41) is 9.30. The molecule has 0 unspecified atom stereocenters. The largest absolute Gasteiger partial charge is 0.507 e. The molecular formula is C8H7NO2. The molecule has 0 fully saturated rings. The van der Waals surface area contributed by atoms with E-state index in [1.807, 2.05) is 0 Å². The summed E-state index contributed by atoms with van der Waals surface area (Å²) in [7, 11) is 0. The van der Waals surface area contributed by atoms with Gasteiger partial charge in [-0.1, -0.05) is 6.07 Å². The van der Waals surface area contributed by atoms with Crippen LogP contribution in [0.5, 0.6) is 11.5 Å². The van der Waals surface area contributed by atoms with Crippen molar-refractivity contribution in [2.45, 2.75) is 0 Å². The molecule has 3 heteroatoms. The van der Waals surface area contributed by atoms with E-state index in [1.165, 1.54) is 0 Å². The average Bonchev–Trinajstić information content (AvgIpc) is 2.06. The van der Waals surface area contributed by atoms with E-state index in [9.17, 15) is 5.11 Å². The standard InChI is InChI=1S/C8H7NO2/c10-7-2-1-3-8-6(7)4-5-9-11-8/h1-5,9-10H. The van der Waals surface area contributed by atoms with Crippen molar-refractivity contribution in [3.8, 4) is 11.5 Å². The third kappa shape index (κ3) is 0.902. The smallest absolute Gasteiger partial charge is 0.165 e. The summed E-state index contributed by atoms with van der Waals surface area (Å²) in [6, 6.07) is 5.14. The molecule has 1 aromatic rings. The second-order valence-electron chi connectivity index (χ2n) is 2.24. The Labute approximate surface area is 63.9 Å². The fraction of sp³-hybridized carbons (Fsp3) is 0. The fourth-order valence-electron chi connectivity index (χ4n) is 1.00. The average molecular weight is 149 g/mol. The highest BCUT2D eigenvalue weighted by Gasteiger charge is 2.08. The number of nitrogens with one attached hydrogen (secondary N) is 1. The molecular weight excluding hydrogens is 142 g/mol. The molecule has 0 spiro atoms. The van der Waals surface area contributed by atoms with Crippen molar-refractivity contribution in [1.82, 2.24) is 5.48 Å². The quantitative estimate of drug-likeness (QED) is 0.583. The van der Waals surface area contributed by atoms with E-state index in [0.29, 0.717) is 11.3 Å². The molecule has 56 valence electrons. The first-order valence-electron chi connectivity index (χ1n) is 3.29. The highest BCUT2D eigenvalue weighted by molar-refractivity contribution is 5.64. The highest BCUT2D eigenvalue weighted by atomic mass is 16.6. The first-order chi connectivity index (χ1) is 5.38. The van der Waals surface area contributed by atoms with Crippen molar-refractivity contribution in [2.75, 3.05) is 0 Å². The molecule has 0 saturated heterocycles. The van der Waals surface area contributed by atoms with Crippen molar-refractivity contribution < 1.29 is 9.94 Å². The van der Waals surface area contributed by atoms with Crippen LogP contribution in [-0.4, -0.2) is 5.11 Å². The maximum Gasteiger partial charge on any atom is 0.165 e. The second kappa shape index (κ2) is 2.20. The van der Waals surface area contributed by atoms with Crippen molar-refractivity contribution in [3.63, 3.8) is 0 Å². The van der Waals surface area contributed by atoms with Gasteiger partial charge in [0.15, 0.2) is 5.75 Å². The predicted molar refractivity (Wildman–Crippen MR) is 40.9 cm³/mol. The van der Waals surface area contributed by atoms with E-state index in [-0.39, 0.29) is 5.75 Å². The van der Waals surface area contributed by atoms with Gasteiger partial charge in [0, 0.05) is 6.20 Å². The van der Waals surface area contributed by atoms with E-state index >= 15 is 0 Å². The molecule has 0 saturated carbocycles. The fourth-order valence-corrected chi connectivity index (χ4v) is 1.00. The molecule has 1 aliphatic rings. The maximum absolute atomic E-state index is 9.30. The number of fused-ring (bicyclic) bond motifs is 1. The van der Waals surface area contributed by atoms with Gasteiger partial charge < -0.3 is 9.94 Å². The van der Waals surface area contributed by atoms with E-state index in [0.717, 1.165) is 0 Å². The Morgan fingerprint density at radius 3 is 3.09 bits per heavy atom. The van der Waals surface area contributed by atoms with E-state index < -0.39 is 0 Å². The van der Waals surface area contributed by atoms with Crippen LogP contribution in [0, 0.1) is 0 Å². The van der Waals surface area contributed by atoms with Gasteiger partial charge in [-0.2, -0.15) is 0 Å². The second-order valence-corrected chi connectivity index (χ2v) is 2.24. The minimum atomic E-state index is 0.236. The van der Waals surface area contributed by atoms with Gasteiger partial charge in [0.2, 0.25) is 0 Å². The zero-order valence-electron chi connectivity index (χ0n) is 5.74. The molecule has 0 amide bonds. The van der Waals surface area contributed by atoms with E-state index in [1.54, 1.807) is 30.5 Å². The summed E-state index contributed by atoms with van der Waals surface area (Å²) < 4.78 is 0. The number of hydrogen-bond acceptors (Lipinski definition) is 3. The van der Waals surface area contributed by atoms with Crippen molar-refractivity contribution >= 4 is 6.08 Å². The van der Waals surface area contributed by atoms with Gasteiger partial charge in [0.05, 0.1) is 5.56 Å². The predicted octanol–water partition coefficient (Wildman–Crippen LogP) is 1.26. The van der Waals surface area contributed by atoms with Crippen LogP contribution >= 0.6 is 0 Å². The Morgan fingerprint density at radius 2 is 2.27 bits per heavy atom. The lowest BCUT2D eigenvalue weighted by atomic mass is 10.1. The van der Waals surface area contributed by atoms with Crippen LogP contribution in [0.25, 0.3) is 6.08 Å². The maximum atomic E-state index is 9.30. The summed E-state index contributed by atoms with van der Waals surface area (Å²) in [5.74, 6) is 0.882. The molecule has 11 heavy (non-hydrogen) atoms. The van der Waals surface area contributed by atoms with E-state index in [2.05, 4.69) is 5.48 Å². The Balaban J connectivity index is 2.60. The number of hydroxylamine groups is 1. The lowest BCUT2D eigenvalue weighted by molar-refractivity contribution is 0.238. The molecule has 0 radical (unpaired) electrons. The molecule has 2 N–H and O–H groups in total. The molecule has 0 bridgehead atoms. The number of phenols is 1. The van der Waals surface area contributed by atoms with Gasteiger partial charge in [-0.05, 0) is 18.2 Å². The Morgan fingerprint density at radius 1 is 1.36 bits per heavy atom. The first-order valence-corrected chi connectivity index (χ1v) is 3.29. The lowest BCUT2D eigenvalue weighted by Crippen LogP contribution is -2.13. The van der Waals surface area contributed by atoms with Crippen molar-refractivity contribution in [2.24, 2.45) is 0 Å². The summed E-state index contributed by atoms with van der Waals surface area (Å²) in [5.41, 5.74) is 3.29. The first kappa shape index (κ1) is 6.09. The van der Waals surface area contributed by atoms with Gasteiger partial charge in [-0.3, -0.25) is 0 Å². The number of hydrogen-bond donors (Lipinski definition) is 2. The molecule has 1 heterocycles. The number of rotatable bonds is 0. The minimum absolute atomic E-state index is 0.236. The van der Waals surface area contributed by atoms with E-state index in [4.69, 9.17) is 4.84 Å². The summed E-state index contributed by atoms with van der Waals surface area (Å²) in [6.07, 6.45) is 3.39. The zero-order valence-corrected chi connectivity index (χ0v) is 5.74. The number of phenolic OH excluding ortho intramolecular Hbond substituents is 1. The molecule has 1 aromatic carbocycles. The summed E-state index contributed by atoms with van der Waals surface area (Å²) >= 11 is 0. The topological polar surface area (TPSA) is 41.5 Å². The Hall–Kier alpha value is -1.64. The highest BCUT2D eigenvalue weighted by Crippen LogP contribution is 2.29.